The van der Waals surface area contributed by atoms with Crippen molar-refractivity contribution in [2.24, 2.45) is 0 Å². The van der Waals surface area contributed by atoms with Crippen LogP contribution < -0.4 is 0 Å². The number of β-amino-alcohol motifs (C(OH)–C–C–N with tert-alkyl or cyclic N) is 1. The van der Waals surface area contributed by atoms with Gasteiger partial charge in [0.25, 0.3) is 0 Å². The minimum atomic E-state index is -0.406. The summed E-state index contributed by atoms with van der Waals surface area (Å²) in [6.07, 6.45) is 5.61. The number of fused-ring (bicyclic) bond motifs is 1. The van der Waals surface area contributed by atoms with E-state index in [1.54, 1.807) is 12.4 Å². The molecule has 2 atom stereocenters. The Morgan fingerprint density at radius 3 is 2.93 bits per heavy atom. The molecular formula is C20H19N5O2. The molecule has 3 aromatic heterocycles. The SMILES string of the molecule is OC1CC(c2nc(-c3ccncc3)no2)N(Cc2c[nH]c3ccccc23)C1. The fourth-order valence-corrected chi connectivity index (χ4v) is 3.78. The fraction of sp³-hybridized carbons (Fsp3) is 0.250. The number of aliphatic hydroxyl groups excluding tert-OH is 1. The molecule has 7 nitrogen and oxygen atoms in total. The maximum Gasteiger partial charge on any atom is 0.244 e. The van der Waals surface area contributed by atoms with Crippen molar-refractivity contribution >= 4 is 10.9 Å². The number of aromatic nitrogens is 4. The van der Waals surface area contributed by atoms with E-state index in [0.717, 1.165) is 11.1 Å². The molecule has 4 heterocycles. The number of aromatic amines is 1. The molecule has 0 spiro atoms. The van der Waals surface area contributed by atoms with Gasteiger partial charge in [0, 0.05) is 48.1 Å². The van der Waals surface area contributed by atoms with E-state index < -0.39 is 6.10 Å². The Labute approximate surface area is 155 Å². The first-order valence-electron chi connectivity index (χ1n) is 8.99. The summed E-state index contributed by atoms with van der Waals surface area (Å²) < 4.78 is 5.55. The van der Waals surface area contributed by atoms with Crippen LogP contribution in [0.25, 0.3) is 22.3 Å². The van der Waals surface area contributed by atoms with Gasteiger partial charge in [0.1, 0.15) is 0 Å². The molecule has 0 bridgehead atoms. The van der Waals surface area contributed by atoms with Crippen molar-refractivity contribution in [3.05, 3.63) is 66.4 Å². The number of benzene rings is 1. The van der Waals surface area contributed by atoms with Gasteiger partial charge in [-0.3, -0.25) is 9.88 Å². The number of pyridine rings is 1. The largest absolute Gasteiger partial charge is 0.392 e. The van der Waals surface area contributed by atoms with Crippen molar-refractivity contribution in [3.63, 3.8) is 0 Å². The molecule has 7 heteroatoms. The number of H-pyrrole nitrogens is 1. The lowest BCUT2D eigenvalue weighted by Gasteiger charge is -2.20. The number of hydrogen-bond donors (Lipinski definition) is 2. The van der Waals surface area contributed by atoms with Gasteiger partial charge in [-0.05, 0) is 30.2 Å². The van der Waals surface area contributed by atoms with Gasteiger partial charge in [0.15, 0.2) is 0 Å². The molecule has 2 unspecified atom stereocenters. The molecule has 136 valence electrons. The van der Waals surface area contributed by atoms with Gasteiger partial charge in [-0.25, -0.2) is 0 Å². The first-order valence-corrected chi connectivity index (χ1v) is 8.99. The molecule has 0 amide bonds. The molecule has 5 rings (SSSR count). The summed E-state index contributed by atoms with van der Waals surface area (Å²) in [5.74, 6) is 1.08. The number of likely N-dealkylation sites (tertiary alicyclic amines) is 1. The van der Waals surface area contributed by atoms with Gasteiger partial charge < -0.3 is 14.6 Å². The van der Waals surface area contributed by atoms with E-state index in [2.05, 4.69) is 37.1 Å². The summed E-state index contributed by atoms with van der Waals surface area (Å²) in [7, 11) is 0. The molecule has 0 saturated carbocycles. The first kappa shape index (κ1) is 16.2. The molecule has 4 aromatic rings. The smallest absolute Gasteiger partial charge is 0.244 e. The highest BCUT2D eigenvalue weighted by atomic mass is 16.5. The van der Waals surface area contributed by atoms with Crippen LogP contribution >= 0.6 is 0 Å². The van der Waals surface area contributed by atoms with E-state index in [9.17, 15) is 5.11 Å². The van der Waals surface area contributed by atoms with E-state index in [-0.39, 0.29) is 6.04 Å². The highest BCUT2D eigenvalue weighted by molar-refractivity contribution is 5.82. The predicted octanol–water partition coefficient (Wildman–Crippen LogP) is 2.92. The van der Waals surface area contributed by atoms with Crippen molar-refractivity contribution < 1.29 is 9.63 Å². The van der Waals surface area contributed by atoms with Crippen molar-refractivity contribution in [3.8, 4) is 11.4 Å². The van der Waals surface area contributed by atoms with Crippen LogP contribution in [0.3, 0.4) is 0 Å². The Morgan fingerprint density at radius 1 is 1.19 bits per heavy atom. The summed E-state index contributed by atoms with van der Waals surface area (Å²) in [6.45, 7) is 1.29. The van der Waals surface area contributed by atoms with Gasteiger partial charge in [-0.2, -0.15) is 4.98 Å². The number of para-hydroxylation sites is 1. The molecule has 1 aliphatic heterocycles. The Morgan fingerprint density at radius 2 is 2.04 bits per heavy atom. The van der Waals surface area contributed by atoms with E-state index in [4.69, 9.17) is 4.52 Å². The lowest BCUT2D eigenvalue weighted by Crippen LogP contribution is -2.24. The topological polar surface area (TPSA) is 91.1 Å². The Balaban J connectivity index is 1.42. The van der Waals surface area contributed by atoms with Gasteiger partial charge in [0.2, 0.25) is 11.7 Å². The summed E-state index contributed by atoms with van der Waals surface area (Å²) in [6, 6.07) is 11.8. The second kappa shape index (κ2) is 6.61. The standard InChI is InChI=1S/C20H19N5O2/c26-15-9-18(20-23-19(24-27-20)13-5-7-21-8-6-13)25(12-15)11-14-10-22-17-4-2-1-3-16(14)17/h1-8,10,15,18,22,26H,9,11-12H2. The van der Waals surface area contributed by atoms with Crippen LogP contribution in [0.15, 0.2) is 59.5 Å². The summed E-state index contributed by atoms with van der Waals surface area (Å²) in [5.41, 5.74) is 3.17. The van der Waals surface area contributed by atoms with Gasteiger partial charge in [0.05, 0.1) is 12.1 Å². The molecule has 1 fully saturated rings. The molecule has 27 heavy (non-hydrogen) atoms. The molecule has 1 aliphatic rings. The quantitative estimate of drug-likeness (QED) is 0.581. The number of hydrogen-bond acceptors (Lipinski definition) is 6. The number of nitrogens with one attached hydrogen (secondary N) is 1. The number of aliphatic hydroxyl groups is 1. The maximum absolute atomic E-state index is 10.2. The lowest BCUT2D eigenvalue weighted by molar-refractivity contribution is 0.169. The van der Waals surface area contributed by atoms with Gasteiger partial charge in [-0.15, -0.1) is 0 Å². The zero-order valence-electron chi connectivity index (χ0n) is 14.6. The molecule has 1 aromatic carbocycles. The molecule has 2 N–H and O–H groups in total. The van der Waals surface area contributed by atoms with Crippen LogP contribution in [0.4, 0.5) is 0 Å². The average molecular weight is 361 g/mol. The lowest BCUT2D eigenvalue weighted by atomic mass is 10.1. The Hall–Kier alpha value is -3.03. The van der Waals surface area contributed by atoms with Crippen molar-refractivity contribution in [1.29, 1.82) is 0 Å². The number of rotatable bonds is 4. The van der Waals surface area contributed by atoms with Crippen LogP contribution in [0, 0.1) is 0 Å². The van der Waals surface area contributed by atoms with Crippen molar-refractivity contribution in [2.45, 2.75) is 25.1 Å². The minimum absolute atomic E-state index is 0.100. The predicted molar refractivity (Wildman–Crippen MR) is 99.6 cm³/mol. The third-order valence-electron chi connectivity index (χ3n) is 5.10. The normalized spacial score (nSPS) is 20.5. The summed E-state index contributed by atoms with van der Waals surface area (Å²) in [4.78, 5) is 14.1. The van der Waals surface area contributed by atoms with Crippen LogP contribution in [-0.2, 0) is 6.54 Å². The molecule has 0 radical (unpaired) electrons. The minimum Gasteiger partial charge on any atom is -0.392 e. The van der Waals surface area contributed by atoms with Crippen LogP contribution in [0.2, 0.25) is 0 Å². The van der Waals surface area contributed by atoms with E-state index in [1.807, 2.05) is 30.5 Å². The average Bonchev–Trinajstić information content (AvgIpc) is 3.42. The van der Waals surface area contributed by atoms with Gasteiger partial charge >= 0.3 is 0 Å². The second-order valence-corrected chi connectivity index (χ2v) is 6.89. The summed E-state index contributed by atoms with van der Waals surface area (Å²) in [5, 5.41) is 15.6. The third kappa shape index (κ3) is 3.01. The molecule has 0 aliphatic carbocycles. The highest BCUT2D eigenvalue weighted by Crippen LogP contribution is 2.34. The first-order chi connectivity index (χ1) is 13.3. The van der Waals surface area contributed by atoms with Crippen LogP contribution in [-0.4, -0.2) is 42.8 Å². The summed E-state index contributed by atoms with van der Waals surface area (Å²) >= 11 is 0. The third-order valence-corrected chi connectivity index (χ3v) is 5.10. The second-order valence-electron chi connectivity index (χ2n) is 6.89. The van der Waals surface area contributed by atoms with Crippen molar-refractivity contribution in [1.82, 2.24) is 25.0 Å². The Bertz CT molecular complexity index is 1060. The monoisotopic (exact) mass is 361 g/mol. The van der Waals surface area contributed by atoms with E-state index >= 15 is 0 Å². The zero-order valence-corrected chi connectivity index (χ0v) is 14.6. The van der Waals surface area contributed by atoms with Crippen molar-refractivity contribution in [2.75, 3.05) is 6.54 Å². The Kier molecular flexibility index (Phi) is 3.95. The maximum atomic E-state index is 10.2. The molecular weight excluding hydrogens is 342 g/mol. The highest BCUT2D eigenvalue weighted by Gasteiger charge is 2.36. The van der Waals surface area contributed by atoms with Crippen LogP contribution in [0.5, 0.6) is 0 Å². The zero-order chi connectivity index (χ0) is 18.2. The fourth-order valence-electron chi connectivity index (χ4n) is 3.78. The molecule has 1 saturated heterocycles. The van der Waals surface area contributed by atoms with Gasteiger partial charge in [-0.1, -0.05) is 23.4 Å². The van der Waals surface area contributed by atoms with E-state index in [1.165, 1.54) is 10.9 Å². The van der Waals surface area contributed by atoms with Crippen LogP contribution in [0.1, 0.15) is 23.9 Å². The van der Waals surface area contributed by atoms with E-state index in [0.29, 0.717) is 31.2 Å². The number of nitrogens with zero attached hydrogens (tertiary/aromatic N) is 4.